The Morgan fingerprint density at radius 1 is 1.47 bits per heavy atom. The summed E-state index contributed by atoms with van der Waals surface area (Å²) in [6.07, 6.45) is 0. The number of oxazole rings is 1. The van der Waals surface area contributed by atoms with E-state index >= 15 is 0 Å². The van der Waals surface area contributed by atoms with Gasteiger partial charge in [-0.3, -0.25) is 4.79 Å². The van der Waals surface area contributed by atoms with Crippen LogP contribution in [0.15, 0.2) is 16.5 Å². The van der Waals surface area contributed by atoms with E-state index in [2.05, 4.69) is 4.98 Å². The van der Waals surface area contributed by atoms with Crippen LogP contribution in [0.25, 0.3) is 11.1 Å². The summed E-state index contributed by atoms with van der Waals surface area (Å²) in [6.45, 7) is 0. The van der Waals surface area contributed by atoms with E-state index in [9.17, 15) is 9.18 Å². The van der Waals surface area contributed by atoms with Gasteiger partial charge in [-0.2, -0.15) is 4.98 Å². The quantitative estimate of drug-likeness (QED) is 0.767. The van der Waals surface area contributed by atoms with Gasteiger partial charge in [-0.15, -0.1) is 12.4 Å². The molecule has 2 aromatic rings. The molecule has 0 unspecified atom stereocenters. The number of carbonyl (C=O) groups excluding carboxylic acids is 1. The average Bonchev–Trinajstić information content (AvgIpc) is 2.42. The molecular formula is C8H7ClFN3O2. The van der Waals surface area contributed by atoms with Crippen LogP contribution in [0.3, 0.4) is 0 Å². The number of benzene rings is 1. The third-order valence-electron chi connectivity index (χ3n) is 1.74. The van der Waals surface area contributed by atoms with E-state index in [1.165, 1.54) is 0 Å². The van der Waals surface area contributed by atoms with Gasteiger partial charge in [0.2, 0.25) is 0 Å². The predicted octanol–water partition coefficient (Wildman–Crippen LogP) is 1.07. The van der Waals surface area contributed by atoms with Crippen molar-refractivity contribution in [1.82, 2.24) is 4.98 Å². The van der Waals surface area contributed by atoms with Crippen LogP contribution in [0.2, 0.25) is 0 Å². The predicted molar refractivity (Wildman–Crippen MR) is 54.1 cm³/mol. The molecule has 1 amide bonds. The van der Waals surface area contributed by atoms with Crippen LogP contribution >= 0.6 is 12.4 Å². The highest BCUT2D eigenvalue weighted by Crippen LogP contribution is 2.21. The molecular weight excluding hydrogens is 225 g/mol. The molecule has 1 aromatic carbocycles. The van der Waals surface area contributed by atoms with Crippen molar-refractivity contribution >= 4 is 35.4 Å². The topological polar surface area (TPSA) is 95.1 Å². The van der Waals surface area contributed by atoms with Crippen LogP contribution in [0, 0.1) is 5.82 Å². The lowest BCUT2D eigenvalue weighted by molar-refractivity contribution is 0.100. The first-order valence-electron chi connectivity index (χ1n) is 3.73. The molecule has 5 nitrogen and oxygen atoms in total. The fourth-order valence-corrected chi connectivity index (χ4v) is 1.20. The molecule has 2 rings (SSSR count). The Hall–Kier alpha value is -1.82. The Kier molecular flexibility index (Phi) is 2.81. The number of halogens is 2. The molecule has 7 heteroatoms. The summed E-state index contributed by atoms with van der Waals surface area (Å²) >= 11 is 0. The van der Waals surface area contributed by atoms with Gasteiger partial charge in [0.05, 0.1) is 5.56 Å². The number of anilines is 1. The maximum absolute atomic E-state index is 12.9. The van der Waals surface area contributed by atoms with Gasteiger partial charge in [0.25, 0.3) is 11.9 Å². The van der Waals surface area contributed by atoms with Gasteiger partial charge in [0.15, 0.2) is 5.58 Å². The van der Waals surface area contributed by atoms with Crippen molar-refractivity contribution in [2.45, 2.75) is 0 Å². The summed E-state index contributed by atoms with van der Waals surface area (Å²) in [7, 11) is 0. The minimum atomic E-state index is -0.775. The second-order valence-electron chi connectivity index (χ2n) is 2.72. The van der Waals surface area contributed by atoms with Crippen LogP contribution in [0.5, 0.6) is 0 Å². The standard InChI is InChI=1S/C8H6FN3O2.ClH/c9-3-1-4(7(10)13)6-5(2-3)14-8(11)12-6;/h1-2H,(H2,10,13)(H2,11,12);1H. The van der Waals surface area contributed by atoms with E-state index in [1.807, 2.05) is 0 Å². The number of carbonyl (C=O) groups is 1. The Labute approximate surface area is 89.7 Å². The van der Waals surface area contributed by atoms with Gasteiger partial charge in [-0.25, -0.2) is 4.39 Å². The highest BCUT2D eigenvalue weighted by molar-refractivity contribution is 6.03. The van der Waals surface area contributed by atoms with Crippen molar-refractivity contribution in [2.75, 3.05) is 5.73 Å². The van der Waals surface area contributed by atoms with Crippen LogP contribution in [0.4, 0.5) is 10.4 Å². The van der Waals surface area contributed by atoms with Gasteiger partial charge in [0.1, 0.15) is 11.3 Å². The summed E-state index contributed by atoms with van der Waals surface area (Å²) in [6, 6.07) is 1.95. The Balaban J connectivity index is 0.00000112. The Morgan fingerprint density at radius 2 is 2.13 bits per heavy atom. The molecule has 0 fully saturated rings. The first-order valence-corrected chi connectivity index (χ1v) is 3.73. The number of rotatable bonds is 1. The van der Waals surface area contributed by atoms with Gasteiger partial charge >= 0.3 is 0 Å². The van der Waals surface area contributed by atoms with E-state index in [0.717, 1.165) is 12.1 Å². The third-order valence-corrected chi connectivity index (χ3v) is 1.74. The second-order valence-corrected chi connectivity index (χ2v) is 2.72. The van der Waals surface area contributed by atoms with Crippen LogP contribution < -0.4 is 11.5 Å². The van der Waals surface area contributed by atoms with Crippen molar-refractivity contribution in [3.63, 3.8) is 0 Å². The lowest BCUT2D eigenvalue weighted by Gasteiger charge is -1.95. The molecule has 1 heterocycles. The van der Waals surface area contributed by atoms with Gasteiger partial charge in [0, 0.05) is 6.07 Å². The molecule has 0 saturated heterocycles. The zero-order valence-corrected chi connectivity index (χ0v) is 8.18. The monoisotopic (exact) mass is 231 g/mol. The molecule has 1 aromatic heterocycles. The zero-order chi connectivity index (χ0) is 10.3. The molecule has 0 saturated carbocycles. The van der Waals surface area contributed by atoms with Crippen LogP contribution in [-0.2, 0) is 0 Å². The SMILES string of the molecule is Cl.NC(=O)c1cc(F)cc2oc(N)nc12. The molecule has 15 heavy (non-hydrogen) atoms. The van der Waals surface area contributed by atoms with Gasteiger partial charge < -0.3 is 15.9 Å². The molecule has 4 N–H and O–H groups in total. The normalized spacial score (nSPS) is 9.93. The molecule has 0 bridgehead atoms. The van der Waals surface area contributed by atoms with E-state index in [0.29, 0.717) is 0 Å². The van der Waals surface area contributed by atoms with Crippen LogP contribution in [-0.4, -0.2) is 10.9 Å². The molecule has 0 aliphatic heterocycles. The van der Waals surface area contributed by atoms with E-state index in [1.54, 1.807) is 0 Å². The lowest BCUT2D eigenvalue weighted by atomic mass is 10.2. The van der Waals surface area contributed by atoms with Crippen molar-refractivity contribution < 1.29 is 13.6 Å². The number of hydrogen-bond donors (Lipinski definition) is 2. The smallest absolute Gasteiger partial charge is 0.293 e. The number of nitrogens with two attached hydrogens (primary N) is 2. The Bertz CT molecular complexity index is 526. The largest absolute Gasteiger partial charge is 0.424 e. The lowest BCUT2D eigenvalue weighted by Crippen LogP contribution is -2.11. The molecule has 0 radical (unpaired) electrons. The second kappa shape index (κ2) is 3.74. The summed E-state index contributed by atoms with van der Waals surface area (Å²) in [4.78, 5) is 14.6. The number of nitrogen functional groups attached to an aromatic ring is 1. The summed E-state index contributed by atoms with van der Waals surface area (Å²) in [5, 5.41) is 0. The fourth-order valence-electron chi connectivity index (χ4n) is 1.20. The van der Waals surface area contributed by atoms with Crippen LogP contribution in [0.1, 0.15) is 10.4 Å². The summed E-state index contributed by atoms with van der Waals surface area (Å²) in [5.41, 5.74) is 10.5. The van der Waals surface area contributed by atoms with Crippen molar-refractivity contribution in [2.24, 2.45) is 5.73 Å². The molecule has 0 aliphatic carbocycles. The highest BCUT2D eigenvalue weighted by atomic mass is 35.5. The van der Waals surface area contributed by atoms with Crippen molar-refractivity contribution in [3.8, 4) is 0 Å². The van der Waals surface area contributed by atoms with Crippen molar-refractivity contribution in [3.05, 3.63) is 23.5 Å². The number of hydrogen-bond acceptors (Lipinski definition) is 4. The number of nitrogens with zero attached hydrogens (tertiary/aromatic N) is 1. The third kappa shape index (κ3) is 1.84. The minimum absolute atomic E-state index is 0. The minimum Gasteiger partial charge on any atom is -0.424 e. The number of fused-ring (bicyclic) bond motifs is 1. The highest BCUT2D eigenvalue weighted by Gasteiger charge is 2.14. The summed E-state index contributed by atoms with van der Waals surface area (Å²) in [5.74, 6) is -1.40. The van der Waals surface area contributed by atoms with Crippen molar-refractivity contribution in [1.29, 1.82) is 0 Å². The maximum Gasteiger partial charge on any atom is 0.293 e. The number of aromatic nitrogens is 1. The van der Waals surface area contributed by atoms with Gasteiger partial charge in [-0.1, -0.05) is 0 Å². The number of primary amides is 1. The van der Waals surface area contributed by atoms with E-state index in [4.69, 9.17) is 15.9 Å². The van der Waals surface area contributed by atoms with E-state index in [-0.39, 0.29) is 35.1 Å². The average molecular weight is 232 g/mol. The molecule has 80 valence electrons. The molecule has 0 spiro atoms. The Morgan fingerprint density at radius 3 is 2.73 bits per heavy atom. The molecule has 0 atom stereocenters. The first-order chi connectivity index (χ1) is 6.58. The van der Waals surface area contributed by atoms with Gasteiger partial charge in [-0.05, 0) is 6.07 Å². The fraction of sp³-hybridized carbons (Fsp3) is 0. The summed E-state index contributed by atoms with van der Waals surface area (Å²) < 4.78 is 17.8. The number of amides is 1. The molecule has 0 aliphatic rings. The zero-order valence-electron chi connectivity index (χ0n) is 7.36. The first kappa shape index (κ1) is 11.3. The van der Waals surface area contributed by atoms with E-state index < -0.39 is 11.7 Å². The maximum atomic E-state index is 12.9.